The Bertz CT molecular complexity index is 842. The molecule has 0 saturated carbocycles. The third-order valence-electron chi connectivity index (χ3n) is 5.11. The van der Waals surface area contributed by atoms with Crippen LogP contribution in [0.1, 0.15) is 39.7 Å². The van der Waals surface area contributed by atoms with Crippen molar-refractivity contribution < 1.29 is 34.5 Å². The smallest absolute Gasteiger partial charge is 0.326 e. The third-order valence-corrected chi connectivity index (χ3v) is 5.11. The first-order valence-electron chi connectivity index (χ1n) is 11.1. The van der Waals surface area contributed by atoms with Crippen LogP contribution in [-0.2, 0) is 25.6 Å². The predicted molar refractivity (Wildman–Crippen MR) is 125 cm³/mol. The fourth-order valence-electron chi connectivity index (χ4n) is 3.18. The van der Waals surface area contributed by atoms with Gasteiger partial charge in [0.2, 0.25) is 17.7 Å². The molecule has 8 N–H and O–H groups in total. The second-order valence-corrected chi connectivity index (χ2v) is 8.98. The van der Waals surface area contributed by atoms with Crippen LogP contribution in [0.5, 0.6) is 5.75 Å². The van der Waals surface area contributed by atoms with E-state index in [0.717, 1.165) is 0 Å². The summed E-state index contributed by atoms with van der Waals surface area (Å²) >= 11 is 0. The molecule has 0 aliphatic heterocycles. The van der Waals surface area contributed by atoms with Crippen molar-refractivity contribution in [2.45, 2.75) is 64.7 Å². The molecule has 4 unspecified atom stereocenters. The van der Waals surface area contributed by atoms with Crippen LogP contribution >= 0.6 is 0 Å². The van der Waals surface area contributed by atoms with E-state index in [1.165, 1.54) is 12.1 Å². The van der Waals surface area contributed by atoms with Crippen LogP contribution in [0.4, 0.5) is 0 Å². The van der Waals surface area contributed by atoms with Gasteiger partial charge >= 0.3 is 5.97 Å². The Morgan fingerprint density at radius 3 is 1.88 bits per heavy atom. The molecular formula is C23H36N4O7. The van der Waals surface area contributed by atoms with Gasteiger partial charge in [0.15, 0.2) is 0 Å². The Labute approximate surface area is 199 Å². The number of benzene rings is 1. The normalized spacial score (nSPS) is 14.7. The second-order valence-electron chi connectivity index (χ2n) is 8.98. The lowest BCUT2D eigenvalue weighted by molar-refractivity contribution is -0.143. The number of aliphatic hydroxyl groups excluding tert-OH is 1. The van der Waals surface area contributed by atoms with E-state index in [2.05, 4.69) is 16.0 Å². The molecule has 1 rings (SSSR count). The van der Waals surface area contributed by atoms with Crippen LogP contribution in [-0.4, -0.2) is 69.8 Å². The summed E-state index contributed by atoms with van der Waals surface area (Å²) in [6.07, 6.45) is 0.258. The van der Waals surface area contributed by atoms with Gasteiger partial charge in [-0.05, 0) is 36.0 Å². The highest BCUT2D eigenvalue weighted by Crippen LogP contribution is 2.13. The van der Waals surface area contributed by atoms with Crippen molar-refractivity contribution in [3.8, 4) is 5.75 Å². The summed E-state index contributed by atoms with van der Waals surface area (Å²) in [5, 5.41) is 35.6. The summed E-state index contributed by atoms with van der Waals surface area (Å²) in [5.41, 5.74) is 6.18. The molecule has 11 nitrogen and oxygen atoms in total. The second kappa shape index (κ2) is 13.5. The molecular weight excluding hydrogens is 444 g/mol. The number of rotatable bonds is 13. The number of nitrogens with one attached hydrogen (secondary N) is 3. The van der Waals surface area contributed by atoms with Crippen LogP contribution in [0.15, 0.2) is 24.3 Å². The number of carbonyl (C=O) groups excluding carboxylic acids is 3. The maximum atomic E-state index is 13.1. The highest BCUT2D eigenvalue weighted by atomic mass is 16.4. The minimum absolute atomic E-state index is 0.00803. The number of carboxylic acid groups (broad SMARTS) is 1. The number of carbonyl (C=O) groups is 4. The number of amides is 3. The number of aliphatic carboxylic acids is 1. The fourth-order valence-corrected chi connectivity index (χ4v) is 3.18. The molecule has 3 amide bonds. The molecule has 0 saturated heterocycles. The van der Waals surface area contributed by atoms with Crippen molar-refractivity contribution >= 4 is 23.7 Å². The molecule has 34 heavy (non-hydrogen) atoms. The molecule has 1 aromatic rings. The van der Waals surface area contributed by atoms with Gasteiger partial charge < -0.3 is 37.0 Å². The molecule has 0 aliphatic rings. The molecule has 190 valence electrons. The van der Waals surface area contributed by atoms with Gasteiger partial charge in [0, 0.05) is 6.42 Å². The number of phenolic OH excluding ortho intramolecular Hbond substituents is 1. The Morgan fingerprint density at radius 1 is 0.882 bits per heavy atom. The molecule has 1 aromatic carbocycles. The van der Waals surface area contributed by atoms with Gasteiger partial charge in [-0.25, -0.2) is 4.79 Å². The number of nitrogens with two attached hydrogens (primary N) is 1. The number of hydrogen-bond donors (Lipinski definition) is 7. The average Bonchev–Trinajstić information content (AvgIpc) is 2.76. The van der Waals surface area contributed by atoms with Gasteiger partial charge in [0.25, 0.3) is 0 Å². The minimum atomic E-state index is -1.24. The van der Waals surface area contributed by atoms with Crippen LogP contribution < -0.4 is 21.7 Å². The van der Waals surface area contributed by atoms with Crippen molar-refractivity contribution in [1.82, 2.24) is 16.0 Å². The molecule has 0 heterocycles. The lowest BCUT2D eigenvalue weighted by Crippen LogP contribution is -2.58. The summed E-state index contributed by atoms with van der Waals surface area (Å²) in [4.78, 5) is 49.8. The standard InChI is InChI=1S/C23H36N4O7/c1-12(2)9-17(22(32)27-19(13(3)4)23(33)34)26-21(31)18(25-20(30)16(24)11-28)10-14-5-7-15(29)8-6-14/h5-8,12-13,16-19,28-29H,9-11,24H2,1-4H3,(H,25,30)(H,26,31)(H,27,32)(H,33,34). The molecule has 0 fully saturated rings. The molecule has 0 aliphatic carbocycles. The number of aliphatic hydroxyl groups is 1. The van der Waals surface area contributed by atoms with Gasteiger partial charge in [-0.1, -0.05) is 39.8 Å². The van der Waals surface area contributed by atoms with E-state index in [0.29, 0.717) is 5.56 Å². The summed E-state index contributed by atoms with van der Waals surface area (Å²) in [6.45, 7) is 6.38. The summed E-state index contributed by atoms with van der Waals surface area (Å²) < 4.78 is 0. The first-order valence-corrected chi connectivity index (χ1v) is 11.1. The van der Waals surface area contributed by atoms with Crippen molar-refractivity contribution in [1.29, 1.82) is 0 Å². The highest BCUT2D eigenvalue weighted by molar-refractivity contribution is 5.94. The largest absolute Gasteiger partial charge is 0.508 e. The van der Waals surface area contributed by atoms with E-state index in [1.54, 1.807) is 26.0 Å². The van der Waals surface area contributed by atoms with Crippen LogP contribution in [0, 0.1) is 11.8 Å². The van der Waals surface area contributed by atoms with E-state index in [4.69, 9.17) is 10.8 Å². The predicted octanol–water partition coefficient (Wildman–Crippen LogP) is -0.505. The van der Waals surface area contributed by atoms with Crippen molar-refractivity contribution in [2.24, 2.45) is 17.6 Å². The van der Waals surface area contributed by atoms with Crippen LogP contribution in [0.25, 0.3) is 0 Å². The third kappa shape index (κ3) is 9.36. The first kappa shape index (κ1) is 28.9. The maximum Gasteiger partial charge on any atom is 0.326 e. The monoisotopic (exact) mass is 480 g/mol. The number of phenols is 1. The van der Waals surface area contributed by atoms with E-state index < -0.39 is 54.5 Å². The fraction of sp³-hybridized carbons (Fsp3) is 0.565. The maximum absolute atomic E-state index is 13.1. The van der Waals surface area contributed by atoms with E-state index in [9.17, 15) is 29.4 Å². The minimum Gasteiger partial charge on any atom is -0.508 e. The molecule has 0 spiro atoms. The molecule has 4 atom stereocenters. The Hall–Kier alpha value is -3.18. The highest BCUT2D eigenvalue weighted by Gasteiger charge is 2.31. The summed E-state index contributed by atoms with van der Waals surface area (Å²) in [7, 11) is 0. The first-order chi connectivity index (χ1) is 15.8. The van der Waals surface area contributed by atoms with Gasteiger partial charge in [-0.15, -0.1) is 0 Å². The van der Waals surface area contributed by atoms with Crippen molar-refractivity contribution in [3.63, 3.8) is 0 Å². The van der Waals surface area contributed by atoms with Crippen molar-refractivity contribution in [2.75, 3.05) is 6.61 Å². The van der Waals surface area contributed by atoms with Gasteiger partial charge in [0.1, 0.15) is 29.9 Å². The lowest BCUT2D eigenvalue weighted by Gasteiger charge is -2.27. The van der Waals surface area contributed by atoms with Crippen LogP contribution in [0.2, 0.25) is 0 Å². The summed E-state index contributed by atoms with van der Waals surface area (Å²) in [5.74, 6) is -3.62. The Balaban J connectivity index is 3.11. The van der Waals surface area contributed by atoms with Crippen molar-refractivity contribution in [3.05, 3.63) is 29.8 Å². The number of carboxylic acids is 1. The number of aromatic hydroxyl groups is 1. The molecule has 0 bridgehead atoms. The van der Waals surface area contributed by atoms with E-state index >= 15 is 0 Å². The Kier molecular flexibility index (Phi) is 11.5. The van der Waals surface area contributed by atoms with Gasteiger partial charge in [-0.3, -0.25) is 14.4 Å². The van der Waals surface area contributed by atoms with Crippen LogP contribution in [0.3, 0.4) is 0 Å². The molecule has 11 heteroatoms. The topological polar surface area (TPSA) is 191 Å². The number of hydrogen-bond acceptors (Lipinski definition) is 7. The van der Waals surface area contributed by atoms with E-state index in [-0.39, 0.29) is 30.4 Å². The SMILES string of the molecule is CC(C)CC(NC(=O)C(Cc1ccc(O)cc1)NC(=O)C(N)CO)C(=O)NC(C(=O)O)C(C)C. The zero-order valence-corrected chi connectivity index (χ0v) is 19.9. The average molecular weight is 481 g/mol. The van der Waals surface area contributed by atoms with E-state index in [1.807, 2.05) is 13.8 Å². The quantitative estimate of drug-likeness (QED) is 0.196. The van der Waals surface area contributed by atoms with Gasteiger partial charge in [0.05, 0.1) is 6.61 Å². The zero-order valence-electron chi connectivity index (χ0n) is 19.9. The molecule has 0 aromatic heterocycles. The lowest BCUT2D eigenvalue weighted by atomic mass is 9.99. The molecule has 0 radical (unpaired) electrons. The summed E-state index contributed by atoms with van der Waals surface area (Å²) in [6, 6.07) is 1.45. The Morgan fingerprint density at radius 2 is 1.41 bits per heavy atom. The zero-order chi connectivity index (χ0) is 26.0. The van der Waals surface area contributed by atoms with Gasteiger partial charge in [-0.2, -0.15) is 0 Å².